The van der Waals surface area contributed by atoms with Crippen LogP contribution in [0, 0.1) is 0 Å². The van der Waals surface area contributed by atoms with Crippen molar-refractivity contribution in [3.05, 3.63) is 29.6 Å². The van der Waals surface area contributed by atoms with Gasteiger partial charge < -0.3 is 10.0 Å². The highest BCUT2D eigenvalue weighted by molar-refractivity contribution is 5.93. The minimum absolute atomic E-state index is 0.127. The number of aromatic carboxylic acids is 1. The van der Waals surface area contributed by atoms with Crippen molar-refractivity contribution in [2.45, 2.75) is 0 Å². The maximum atomic E-state index is 11.4. The van der Waals surface area contributed by atoms with Gasteiger partial charge in [0.1, 0.15) is 11.4 Å². The van der Waals surface area contributed by atoms with Crippen molar-refractivity contribution in [3.8, 4) is 0 Å². The number of nitrogens with zero attached hydrogens (tertiary/aromatic N) is 2. The van der Waals surface area contributed by atoms with Crippen molar-refractivity contribution in [2.75, 3.05) is 14.1 Å². The Hall–Kier alpha value is -1.91. The van der Waals surface area contributed by atoms with Gasteiger partial charge in [-0.3, -0.25) is 4.79 Å². The molecule has 0 atom stereocenters. The molecule has 14 heavy (non-hydrogen) atoms. The third kappa shape index (κ3) is 2.07. The molecule has 5 heteroatoms. The lowest BCUT2D eigenvalue weighted by molar-refractivity contribution is 0.0690. The molecule has 0 saturated heterocycles. The molecule has 1 aromatic heterocycles. The zero-order chi connectivity index (χ0) is 10.7. The number of carbonyl (C=O) groups excluding carboxylic acids is 1. The van der Waals surface area contributed by atoms with Gasteiger partial charge in [-0.25, -0.2) is 9.78 Å². The molecule has 0 fully saturated rings. The Morgan fingerprint density at radius 3 is 2.36 bits per heavy atom. The Bertz CT molecular complexity index is 374. The molecule has 0 aliphatic carbocycles. The lowest BCUT2D eigenvalue weighted by Gasteiger charge is -2.09. The van der Waals surface area contributed by atoms with E-state index in [-0.39, 0.29) is 17.3 Å². The first-order valence-electron chi connectivity index (χ1n) is 3.94. The molecule has 0 aromatic carbocycles. The van der Waals surface area contributed by atoms with Gasteiger partial charge in [0, 0.05) is 14.1 Å². The fraction of sp³-hybridized carbons (Fsp3) is 0.222. The second-order valence-corrected chi connectivity index (χ2v) is 2.91. The highest BCUT2D eigenvalue weighted by Gasteiger charge is 2.12. The smallest absolute Gasteiger partial charge is 0.354 e. The van der Waals surface area contributed by atoms with E-state index in [1.165, 1.54) is 23.1 Å². The van der Waals surface area contributed by atoms with Crippen molar-refractivity contribution in [1.82, 2.24) is 9.88 Å². The molecular formula is C9H10N2O3. The fourth-order valence-electron chi connectivity index (χ4n) is 0.902. The number of carbonyl (C=O) groups is 2. The quantitative estimate of drug-likeness (QED) is 0.743. The predicted molar refractivity (Wildman–Crippen MR) is 49.2 cm³/mol. The van der Waals surface area contributed by atoms with Crippen molar-refractivity contribution in [1.29, 1.82) is 0 Å². The third-order valence-corrected chi connectivity index (χ3v) is 1.59. The van der Waals surface area contributed by atoms with Crippen molar-refractivity contribution in [2.24, 2.45) is 0 Å². The minimum atomic E-state index is -1.14. The first-order valence-corrected chi connectivity index (χ1v) is 3.94. The summed E-state index contributed by atoms with van der Waals surface area (Å²) in [5.41, 5.74) is 0.00704. The van der Waals surface area contributed by atoms with E-state index in [9.17, 15) is 9.59 Å². The van der Waals surface area contributed by atoms with Gasteiger partial charge >= 0.3 is 5.97 Å². The van der Waals surface area contributed by atoms with Crippen LogP contribution in [-0.4, -0.2) is 41.0 Å². The number of hydrogen-bond donors (Lipinski definition) is 1. The van der Waals surface area contributed by atoms with Gasteiger partial charge in [0.15, 0.2) is 0 Å². The van der Waals surface area contributed by atoms with Crippen LogP contribution in [0.5, 0.6) is 0 Å². The van der Waals surface area contributed by atoms with Gasteiger partial charge in [-0.1, -0.05) is 6.07 Å². The molecule has 74 valence electrons. The summed E-state index contributed by atoms with van der Waals surface area (Å²) in [6.45, 7) is 0. The number of hydrogen-bond acceptors (Lipinski definition) is 3. The molecule has 0 aliphatic heterocycles. The average molecular weight is 194 g/mol. The summed E-state index contributed by atoms with van der Waals surface area (Å²) < 4.78 is 0. The fourth-order valence-corrected chi connectivity index (χ4v) is 0.902. The molecule has 0 aliphatic rings. The number of pyridine rings is 1. The Kier molecular flexibility index (Phi) is 2.81. The minimum Gasteiger partial charge on any atom is -0.477 e. The summed E-state index contributed by atoms with van der Waals surface area (Å²) in [5, 5.41) is 8.64. The molecular weight excluding hydrogens is 184 g/mol. The molecule has 0 bridgehead atoms. The normalized spacial score (nSPS) is 9.57. The van der Waals surface area contributed by atoms with E-state index in [1.807, 2.05) is 0 Å². The van der Waals surface area contributed by atoms with E-state index in [0.717, 1.165) is 0 Å². The number of carboxylic acids is 1. The first-order chi connectivity index (χ1) is 6.52. The number of carboxylic acid groups (broad SMARTS) is 1. The van der Waals surface area contributed by atoms with E-state index >= 15 is 0 Å². The van der Waals surface area contributed by atoms with Gasteiger partial charge in [-0.05, 0) is 12.1 Å². The van der Waals surface area contributed by atoms with E-state index < -0.39 is 5.97 Å². The first kappa shape index (κ1) is 10.2. The highest BCUT2D eigenvalue weighted by Crippen LogP contribution is 2.01. The van der Waals surface area contributed by atoms with Crippen LogP contribution in [0.3, 0.4) is 0 Å². The van der Waals surface area contributed by atoms with E-state index in [4.69, 9.17) is 5.11 Å². The Morgan fingerprint density at radius 2 is 1.86 bits per heavy atom. The molecule has 1 rings (SSSR count). The van der Waals surface area contributed by atoms with Gasteiger partial charge in [-0.2, -0.15) is 0 Å². The lowest BCUT2D eigenvalue weighted by atomic mass is 10.3. The molecule has 0 spiro atoms. The van der Waals surface area contributed by atoms with Crippen LogP contribution in [0.25, 0.3) is 0 Å². The van der Waals surface area contributed by atoms with Crippen LogP contribution in [0.2, 0.25) is 0 Å². The second-order valence-electron chi connectivity index (χ2n) is 2.91. The Morgan fingerprint density at radius 1 is 1.29 bits per heavy atom. The molecule has 0 saturated carbocycles. The Balaban J connectivity index is 3.06. The summed E-state index contributed by atoms with van der Waals surface area (Å²) in [4.78, 5) is 27.0. The molecule has 1 amide bonds. The van der Waals surface area contributed by atoms with Gasteiger partial charge in [0.05, 0.1) is 0 Å². The van der Waals surface area contributed by atoms with E-state index in [0.29, 0.717) is 0 Å². The molecule has 5 nitrogen and oxygen atoms in total. The summed E-state index contributed by atoms with van der Waals surface area (Å²) >= 11 is 0. The van der Waals surface area contributed by atoms with Crippen LogP contribution in [0.4, 0.5) is 0 Å². The number of amides is 1. The molecule has 1 heterocycles. The second kappa shape index (κ2) is 3.87. The number of rotatable bonds is 2. The van der Waals surface area contributed by atoms with Crippen LogP contribution in [0.1, 0.15) is 21.0 Å². The predicted octanol–water partition coefficient (Wildman–Crippen LogP) is 0.482. The lowest BCUT2D eigenvalue weighted by Crippen LogP contribution is -2.23. The molecule has 0 radical (unpaired) electrons. The third-order valence-electron chi connectivity index (χ3n) is 1.59. The SMILES string of the molecule is CN(C)C(=O)c1cccc(C(=O)O)n1. The van der Waals surface area contributed by atoms with Crippen LogP contribution in [0.15, 0.2) is 18.2 Å². The number of aromatic nitrogens is 1. The summed E-state index contributed by atoms with van der Waals surface area (Å²) in [5.74, 6) is -1.45. The average Bonchev–Trinajstić information content (AvgIpc) is 2.16. The summed E-state index contributed by atoms with van der Waals surface area (Å²) in [7, 11) is 3.16. The Labute approximate surface area is 81.0 Å². The van der Waals surface area contributed by atoms with Crippen LogP contribution < -0.4 is 0 Å². The zero-order valence-electron chi connectivity index (χ0n) is 7.89. The standard InChI is InChI=1S/C9H10N2O3/c1-11(2)8(12)6-4-3-5-7(10-6)9(13)14/h3-5H,1-2H3,(H,13,14). The van der Waals surface area contributed by atoms with Crippen molar-refractivity contribution >= 4 is 11.9 Å². The maximum absolute atomic E-state index is 11.4. The maximum Gasteiger partial charge on any atom is 0.354 e. The van der Waals surface area contributed by atoms with Crippen LogP contribution >= 0.6 is 0 Å². The molecule has 1 aromatic rings. The van der Waals surface area contributed by atoms with Gasteiger partial charge in [0.2, 0.25) is 0 Å². The zero-order valence-corrected chi connectivity index (χ0v) is 7.89. The summed E-state index contributed by atoms with van der Waals surface area (Å²) in [6.07, 6.45) is 0. The van der Waals surface area contributed by atoms with E-state index in [2.05, 4.69) is 4.98 Å². The monoisotopic (exact) mass is 194 g/mol. The van der Waals surface area contributed by atoms with Gasteiger partial charge in [0.25, 0.3) is 5.91 Å². The van der Waals surface area contributed by atoms with Crippen LogP contribution in [-0.2, 0) is 0 Å². The van der Waals surface area contributed by atoms with Crippen molar-refractivity contribution < 1.29 is 14.7 Å². The van der Waals surface area contributed by atoms with Crippen molar-refractivity contribution in [3.63, 3.8) is 0 Å². The largest absolute Gasteiger partial charge is 0.477 e. The highest BCUT2D eigenvalue weighted by atomic mass is 16.4. The summed E-state index contributed by atoms with van der Waals surface area (Å²) in [6, 6.07) is 4.32. The topological polar surface area (TPSA) is 70.5 Å². The van der Waals surface area contributed by atoms with E-state index in [1.54, 1.807) is 14.1 Å². The molecule has 1 N–H and O–H groups in total. The molecule has 0 unspecified atom stereocenters. The van der Waals surface area contributed by atoms with Gasteiger partial charge in [-0.15, -0.1) is 0 Å².